The van der Waals surface area contributed by atoms with Crippen molar-refractivity contribution in [1.82, 2.24) is 0 Å². The lowest BCUT2D eigenvalue weighted by molar-refractivity contribution is 0.643. The van der Waals surface area contributed by atoms with Crippen LogP contribution in [-0.2, 0) is 23.7 Å². The third-order valence-corrected chi connectivity index (χ3v) is 12.0. The van der Waals surface area contributed by atoms with Gasteiger partial charge in [-0.15, -0.1) is 0 Å². The van der Waals surface area contributed by atoms with Crippen LogP contribution < -0.4 is 4.90 Å². The number of hydrogen-bond donors (Lipinski definition) is 0. The summed E-state index contributed by atoms with van der Waals surface area (Å²) < 4.78 is 0. The molecule has 3 aliphatic carbocycles. The molecule has 0 saturated heterocycles. The Balaban J connectivity index is 1.32. The van der Waals surface area contributed by atoms with Crippen LogP contribution in [0.15, 0.2) is 151 Å². The second-order valence-electron chi connectivity index (χ2n) is 15.5. The van der Waals surface area contributed by atoms with Crippen molar-refractivity contribution in [1.29, 1.82) is 0 Å². The van der Waals surface area contributed by atoms with Gasteiger partial charge in [0.1, 0.15) is 0 Å². The fraction of sp³-hybridized carbons (Fsp3) is 0.200. The Morgan fingerprint density at radius 2 is 1.39 bits per heavy atom. The highest BCUT2D eigenvalue weighted by Gasteiger charge is 2.39. The average Bonchev–Trinajstić information content (AvgIpc) is 3.42. The second kappa shape index (κ2) is 11.8. The predicted octanol–water partition coefficient (Wildman–Crippen LogP) is 13.3. The third-order valence-electron chi connectivity index (χ3n) is 12.0. The first-order valence-corrected chi connectivity index (χ1v) is 18.6. The lowest BCUT2D eigenvalue weighted by Crippen LogP contribution is -2.26. The zero-order valence-corrected chi connectivity index (χ0v) is 30.4. The molecule has 0 aliphatic heterocycles. The molecule has 0 saturated carbocycles. The molecule has 6 aromatic rings. The number of hydrogen-bond acceptors (Lipinski definition) is 1. The van der Waals surface area contributed by atoms with Crippen molar-refractivity contribution in [2.75, 3.05) is 4.90 Å². The Labute approximate surface area is 303 Å². The zero-order valence-electron chi connectivity index (χ0n) is 30.4. The van der Waals surface area contributed by atoms with Crippen molar-refractivity contribution < 1.29 is 0 Å². The van der Waals surface area contributed by atoms with Crippen LogP contribution in [0.5, 0.6) is 0 Å². The summed E-state index contributed by atoms with van der Waals surface area (Å²) >= 11 is 0. The Morgan fingerprint density at radius 1 is 0.667 bits per heavy atom. The van der Waals surface area contributed by atoms with Crippen LogP contribution in [0, 0.1) is 0 Å². The summed E-state index contributed by atoms with van der Waals surface area (Å²) in [5.41, 5.74) is 18.6. The molecule has 1 nitrogen and oxygen atoms in total. The van der Waals surface area contributed by atoms with Crippen LogP contribution >= 0.6 is 0 Å². The van der Waals surface area contributed by atoms with E-state index in [1.807, 2.05) is 0 Å². The lowest BCUT2D eigenvalue weighted by atomic mass is 9.65. The summed E-state index contributed by atoms with van der Waals surface area (Å²) in [4.78, 5) is 2.52. The van der Waals surface area contributed by atoms with Crippen molar-refractivity contribution in [2.45, 2.75) is 64.7 Å². The molecule has 0 atom stereocenters. The number of nitrogens with zero attached hydrogens (tertiary/aromatic N) is 1. The SMILES string of the molecule is C/C=C(\C=C1/Cc2ccccc2C1(C)C)N(c1ccccc1)c1ccc2cccc3c2c1-c1cccc(-c2cccc4c2CCC=C4)c1C3(C)C. The molecule has 0 N–H and O–H groups in total. The highest BCUT2D eigenvalue weighted by Crippen LogP contribution is 2.56. The van der Waals surface area contributed by atoms with E-state index in [0.717, 1.165) is 24.9 Å². The molecule has 0 aromatic heterocycles. The molecule has 3 aliphatic rings. The largest absolute Gasteiger partial charge is 0.310 e. The van der Waals surface area contributed by atoms with Crippen LogP contribution in [0.1, 0.15) is 74.4 Å². The Hall–Kier alpha value is -5.40. The summed E-state index contributed by atoms with van der Waals surface area (Å²) in [6.07, 6.45) is 12.5. The van der Waals surface area contributed by atoms with E-state index in [9.17, 15) is 0 Å². The Morgan fingerprint density at radius 3 is 2.22 bits per heavy atom. The van der Waals surface area contributed by atoms with Gasteiger partial charge in [-0.25, -0.2) is 0 Å². The number of para-hydroxylation sites is 1. The molecule has 6 aromatic carbocycles. The first-order valence-electron chi connectivity index (χ1n) is 18.6. The maximum absolute atomic E-state index is 2.52. The maximum Gasteiger partial charge on any atom is 0.0546 e. The highest BCUT2D eigenvalue weighted by atomic mass is 15.1. The van der Waals surface area contributed by atoms with Gasteiger partial charge in [-0.05, 0) is 111 Å². The van der Waals surface area contributed by atoms with Gasteiger partial charge in [0.2, 0.25) is 0 Å². The fourth-order valence-corrected chi connectivity index (χ4v) is 9.45. The van der Waals surface area contributed by atoms with E-state index in [0.29, 0.717) is 0 Å². The topological polar surface area (TPSA) is 3.24 Å². The van der Waals surface area contributed by atoms with E-state index in [-0.39, 0.29) is 10.8 Å². The molecular formula is C50H45N. The van der Waals surface area contributed by atoms with E-state index in [4.69, 9.17) is 0 Å². The monoisotopic (exact) mass is 659 g/mol. The second-order valence-corrected chi connectivity index (χ2v) is 15.5. The number of benzene rings is 6. The van der Waals surface area contributed by atoms with Crippen LogP contribution in [0.4, 0.5) is 11.4 Å². The molecule has 0 unspecified atom stereocenters. The van der Waals surface area contributed by atoms with Gasteiger partial charge in [-0.2, -0.15) is 0 Å². The molecule has 1 heteroatoms. The minimum absolute atomic E-state index is 0.0480. The van der Waals surface area contributed by atoms with Gasteiger partial charge in [0.15, 0.2) is 0 Å². The number of rotatable bonds is 5. The number of fused-ring (bicyclic) bond motifs is 4. The predicted molar refractivity (Wildman–Crippen MR) is 218 cm³/mol. The average molecular weight is 660 g/mol. The van der Waals surface area contributed by atoms with Gasteiger partial charge in [-0.1, -0.05) is 155 Å². The molecule has 0 spiro atoms. The molecule has 250 valence electrons. The lowest BCUT2D eigenvalue weighted by Gasteiger charge is -2.39. The first kappa shape index (κ1) is 31.6. The molecule has 0 amide bonds. The van der Waals surface area contributed by atoms with E-state index >= 15 is 0 Å². The minimum atomic E-state index is -0.201. The van der Waals surface area contributed by atoms with Crippen molar-refractivity contribution in [3.8, 4) is 22.3 Å². The van der Waals surface area contributed by atoms with Gasteiger partial charge >= 0.3 is 0 Å². The highest BCUT2D eigenvalue weighted by molar-refractivity contribution is 6.10. The summed E-state index contributed by atoms with van der Waals surface area (Å²) in [6.45, 7) is 11.8. The van der Waals surface area contributed by atoms with Crippen LogP contribution in [0.2, 0.25) is 0 Å². The van der Waals surface area contributed by atoms with Gasteiger partial charge in [-0.3, -0.25) is 0 Å². The smallest absolute Gasteiger partial charge is 0.0546 e. The van der Waals surface area contributed by atoms with Crippen LogP contribution in [0.25, 0.3) is 39.1 Å². The molecule has 0 fully saturated rings. The fourth-order valence-electron chi connectivity index (χ4n) is 9.45. The third kappa shape index (κ3) is 4.82. The molecule has 9 rings (SSSR count). The van der Waals surface area contributed by atoms with Crippen molar-refractivity contribution in [3.05, 3.63) is 184 Å². The van der Waals surface area contributed by atoms with Crippen LogP contribution in [0.3, 0.4) is 0 Å². The van der Waals surface area contributed by atoms with E-state index in [2.05, 4.69) is 185 Å². The van der Waals surface area contributed by atoms with Gasteiger partial charge in [0, 0.05) is 27.8 Å². The molecule has 0 radical (unpaired) electrons. The summed E-state index contributed by atoms with van der Waals surface area (Å²) in [5, 5.41) is 2.65. The standard InChI is InChI=1S/C50H45N/c1-6-37(32-36-31-35-18-11-13-27-43(35)49(36,2)3)51(38-21-8-7-9-22-38)45-30-29-34-20-15-28-44-46(34)47(45)42-26-16-25-41(48(42)50(44,4)5)40-24-14-19-33-17-10-12-23-39(33)40/h6-11,13-22,24-30,32H,12,23,31H2,1-5H3/b36-32+,37-6+. The van der Waals surface area contributed by atoms with E-state index in [1.54, 1.807) is 0 Å². The van der Waals surface area contributed by atoms with E-state index < -0.39 is 0 Å². The molecular weight excluding hydrogens is 615 g/mol. The Bertz CT molecular complexity index is 2450. The van der Waals surface area contributed by atoms with Crippen molar-refractivity contribution in [2.24, 2.45) is 0 Å². The van der Waals surface area contributed by atoms with Crippen LogP contribution in [-0.4, -0.2) is 0 Å². The van der Waals surface area contributed by atoms with E-state index in [1.165, 1.54) is 83.4 Å². The summed E-state index contributed by atoms with van der Waals surface area (Å²) in [5.74, 6) is 0. The quantitative estimate of drug-likeness (QED) is 0.178. The number of anilines is 2. The van der Waals surface area contributed by atoms with Gasteiger partial charge in [0.25, 0.3) is 0 Å². The zero-order chi connectivity index (χ0) is 34.9. The molecule has 0 bridgehead atoms. The van der Waals surface area contributed by atoms with Gasteiger partial charge < -0.3 is 4.90 Å². The molecule has 51 heavy (non-hydrogen) atoms. The maximum atomic E-state index is 2.52. The number of allylic oxidation sites excluding steroid dienone is 4. The normalized spacial score (nSPS) is 17.3. The van der Waals surface area contributed by atoms with Gasteiger partial charge in [0.05, 0.1) is 5.69 Å². The summed E-state index contributed by atoms with van der Waals surface area (Å²) in [6, 6.07) is 45.5. The van der Waals surface area contributed by atoms with Crippen molar-refractivity contribution >= 4 is 28.2 Å². The summed E-state index contributed by atoms with van der Waals surface area (Å²) in [7, 11) is 0. The first-order chi connectivity index (χ1) is 24.8. The Kier molecular flexibility index (Phi) is 7.33. The molecule has 0 heterocycles. The minimum Gasteiger partial charge on any atom is -0.310 e. The van der Waals surface area contributed by atoms with Crippen molar-refractivity contribution in [3.63, 3.8) is 0 Å².